The van der Waals surface area contributed by atoms with Crippen LogP contribution in [0.2, 0.25) is 0 Å². The van der Waals surface area contributed by atoms with Crippen LogP contribution in [0.5, 0.6) is 5.75 Å². The normalized spacial score (nSPS) is 17.3. The number of rotatable bonds is 7. The Kier molecular flexibility index (Phi) is 7.01. The first-order valence-electron chi connectivity index (χ1n) is 9.76. The number of piperidine rings is 1. The molecule has 0 saturated carbocycles. The fourth-order valence-corrected chi connectivity index (χ4v) is 3.54. The van der Waals surface area contributed by atoms with Gasteiger partial charge in [0.05, 0.1) is 5.56 Å². The summed E-state index contributed by atoms with van der Waals surface area (Å²) in [4.78, 5) is 15.2. The molecule has 1 amide bonds. The molecule has 0 spiro atoms. The summed E-state index contributed by atoms with van der Waals surface area (Å²) < 4.78 is 18.7. The lowest BCUT2D eigenvalue weighted by molar-refractivity contribution is 0.0896. The third-order valence-electron chi connectivity index (χ3n) is 4.92. The summed E-state index contributed by atoms with van der Waals surface area (Å²) >= 11 is 0. The zero-order chi connectivity index (χ0) is 19.9. The molecule has 1 fully saturated rings. The highest BCUT2D eigenvalue weighted by molar-refractivity contribution is 5.97. The number of nitrogens with two attached hydrogens (primary N) is 1. The Balaban J connectivity index is 1.62. The summed E-state index contributed by atoms with van der Waals surface area (Å²) in [5, 5.41) is 3.15. The first kappa shape index (κ1) is 20.3. The van der Waals surface area contributed by atoms with Crippen molar-refractivity contribution >= 4 is 5.91 Å². The van der Waals surface area contributed by atoms with Gasteiger partial charge in [0, 0.05) is 25.7 Å². The van der Waals surface area contributed by atoms with Crippen LogP contribution in [0, 0.1) is 12.7 Å². The molecule has 5 nitrogen and oxygen atoms in total. The molecule has 0 unspecified atom stereocenters. The van der Waals surface area contributed by atoms with E-state index in [1.165, 1.54) is 12.1 Å². The largest absolute Gasteiger partial charge is 0.491 e. The lowest BCUT2D eigenvalue weighted by atomic mass is 10.0. The van der Waals surface area contributed by atoms with Gasteiger partial charge in [-0.25, -0.2) is 4.39 Å². The van der Waals surface area contributed by atoms with Crippen molar-refractivity contribution in [3.63, 3.8) is 0 Å². The number of hydrogen-bond acceptors (Lipinski definition) is 4. The molecule has 3 rings (SSSR count). The summed E-state index contributed by atoms with van der Waals surface area (Å²) in [6, 6.07) is 12.3. The highest BCUT2D eigenvalue weighted by Gasteiger charge is 2.23. The smallest absolute Gasteiger partial charge is 0.255 e. The molecule has 3 N–H and O–H groups in total. The average molecular weight is 385 g/mol. The third kappa shape index (κ3) is 5.53. The highest BCUT2D eigenvalue weighted by atomic mass is 19.1. The molecular formula is C22H28FN3O2. The van der Waals surface area contributed by atoms with Crippen molar-refractivity contribution in [2.75, 3.05) is 26.2 Å². The summed E-state index contributed by atoms with van der Waals surface area (Å²) in [6.45, 7) is 5.22. The van der Waals surface area contributed by atoms with E-state index in [4.69, 9.17) is 10.5 Å². The van der Waals surface area contributed by atoms with Crippen LogP contribution in [0.25, 0.3) is 0 Å². The number of benzene rings is 2. The topological polar surface area (TPSA) is 67.6 Å². The van der Waals surface area contributed by atoms with E-state index in [0.29, 0.717) is 24.5 Å². The molecule has 0 aromatic heterocycles. The van der Waals surface area contributed by atoms with Gasteiger partial charge in [0.15, 0.2) is 0 Å². The van der Waals surface area contributed by atoms with Crippen LogP contribution in [0.4, 0.5) is 4.39 Å². The number of nitrogens with zero attached hydrogens (tertiary/aromatic N) is 1. The number of hydrogen-bond donors (Lipinski definition) is 2. The van der Waals surface area contributed by atoms with Crippen molar-refractivity contribution in [2.45, 2.75) is 32.4 Å². The molecule has 1 heterocycles. The van der Waals surface area contributed by atoms with Crippen molar-refractivity contribution in [3.05, 3.63) is 65.0 Å². The molecule has 1 aliphatic heterocycles. The Morgan fingerprint density at radius 3 is 2.82 bits per heavy atom. The summed E-state index contributed by atoms with van der Waals surface area (Å²) in [5.74, 6) is 0.218. The van der Waals surface area contributed by atoms with Gasteiger partial charge in [0.1, 0.15) is 18.2 Å². The number of carbonyl (C=O) groups is 1. The van der Waals surface area contributed by atoms with Crippen LogP contribution in [-0.4, -0.2) is 43.1 Å². The molecule has 6 heteroatoms. The van der Waals surface area contributed by atoms with E-state index >= 15 is 0 Å². The van der Waals surface area contributed by atoms with E-state index < -0.39 is 0 Å². The van der Waals surface area contributed by atoms with E-state index in [-0.39, 0.29) is 17.8 Å². The number of carbonyl (C=O) groups excluding carboxylic acids is 1. The molecule has 1 saturated heterocycles. The number of likely N-dealkylation sites (tertiary alicyclic amines) is 1. The van der Waals surface area contributed by atoms with Crippen molar-refractivity contribution in [1.29, 1.82) is 0 Å². The molecule has 0 bridgehead atoms. The van der Waals surface area contributed by atoms with E-state index in [1.807, 2.05) is 37.3 Å². The van der Waals surface area contributed by atoms with Crippen LogP contribution in [0.15, 0.2) is 42.5 Å². The SMILES string of the molecule is Cc1ccc(OCCN)c(C(=O)N[C@H]2CCCN(Cc3ccc(F)cc3)C2)c1. The Hall–Kier alpha value is -2.44. The van der Waals surface area contributed by atoms with Gasteiger partial charge in [0.25, 0.3) is 5.91 Å². The molecule has 1 aliphatic rings. The van der Waals surface area contributed by atoms with Gasteiger partial charge < -0.3 is 15.8 Å². The molecular weight excluding hydrogens is 357 g/mol. The first-order valence-corrected chi connectivity index (χ1v) is 9.76. The van der Waals surface area contributed by atoms with Crippen LogP contribution in [-0.2, 0) is 6.54 Å². The van der Waals surface area contributed by atoms with Gasteiger partial charge in [0.2, 0.25) is 0 Å². The Labute approximate surface area is 165 Å². The van der Waals surface area contributed by atoms with Gasteiger partial charge in [-0.05, 0) is 56.1 Å². The average Bonchev–Trinajstić information content (AvgIpc) is 2.69. The van der Waals surface area contributed by atoms with Gasteiger partial charge in [-0.15, -0.1) is 0 Å². The van der Waals surface area contributed by atoms with Crippen molar-refractivity contribution in [3.8, 4) is 5.75 Å². The second-order valence-corrected chi connectivity index (χ2v) is 7.31. The highest BCUT2D eigenvalue weighted by Crippen LogP contribution is 2.21. The van der Waals surface area contributed by atoms with Gasteiger partial charge in [-0.2, -0.15) is 0 Å². The van der Waals surface area contributed by atoms with Crippen LogP contribution in [0.1, 0.15) is 34.3 Å². The zero-order valence-corrected chi connectivity index (χ0v) is 16.3. The molecule has 2 aromatic rings. The predicted molar refractivity (Wildman–Crippen MR) is 108 cm³/mol. The van der Waals surface area contributed by atoms with Gasteiger partial charge in [-0.3, -0.25) is 9.69 Å². The number of amides is 1. The standard InChI is InChI=1S/C22H28FN3O2/c1-16-4-9-21(28-12-10-24)20(13-16)22(27)25-19-3-2-11-26(15-19)14-17-5-7-18(23)8-6-17/h4-9,13,19H,2-3,10-12,14-15,24H2,1H3,(H,25,27)/t19-/m0/s1. The second kappa shape index (κ2) is 9.66. The maximum absolute atomic E-state index is 13.1. The van der Waals surface area contributed by atoms with Crippen LogP contribution < -0.4 is 15.8 Å². The summed E-state index contributed by atoms with van der Waals surface area (Å²) in [6.07, 6.45) is 1.95. The quantitative estimate of drug-likeness (QED) is 0.769. The monoisotopic (exact) mass is 385 g/mol. The van der Waals surface area contributed by atoms with Crippen molar-refractivity contribution in [2.24, 2.45) is 5.73 Å². The molecule has 1 atom stereocenters. The van der Waals surface area contributed by atoms with E-state index in [2.05, 4.69) is 10.2 Å². The van der Waals surface area contributed by atoms with E-state index in [1.54, 1.807) is 0 Å². The number of halogens is 1. The first-order chi connectivity index (χ1) is 13.5. The molecule has 2 aromatic carbocycles. The Morgan fingerprint density at radius 1 is 1.29 bits per heavy atom. The minimum absolute atomic E-state index is 0.0737. The van der Waals surface area contributed by atoms with Crippen LogP contribution in [0.3, 0.4) is 0 Å². The Morgan fingerprint density at radius 2 is 2.07 bits per heavy atom. The fraction of sp³-hybridized carbons (Fsp3) is 0.409. The lowest BCUT2D eigenvalue weighted by Crippen LogP contribution is -2.47. The zero-order valence-electron chi connectivity index (χ0n) is 16.3. The maximum Gasteiger partial charge on any atom is 0.255 e. The molecule has 28 heavy (non-hydrogen) atoms. The molecule has 0 radical (unpaired) electrons. The third-order valence-corrected chi connectivity index (χ3v) is 4.92. The second-order valence-electron chi connectivity index (χ2n) is 7.31. The van der Waals surface area contributed by atoms with Crippen molar-refractivity contribution in [1.82, 2.24) is 10.2 Å². The Bertz CT molecular complexity index is 795. The van der Waals surface area contributed by atoms with Gasteiger partial charge >= 0.3 is 0 Å². The summed E-state index contributed by atoms with van der Waals surface area (Å²) in [5.41, 5.74) is 8.14. The van der Waals surface area contributed by atoms with E-state index in [9.17, 15) is 9.18 Å². The van der Waals surface area contributed by atoms with Crippen LogP contribution >= 0.6 is 0 Å². The lowest BCUT2D eigenvalue weighted by Gasteiger charge is -2.33. The fourth-order valence-electron chi connectivity index (χ4n) is 3.54. The minimum Gasteiger partial charge on any atom is -0.491 e. The summed E-state index contributed by atoms with van der Waals surface area (Å²) in [7, 11) is 0. The van der Waals surface area contributed by atoms with Crippen molar-refractivity contribution < 1.29 is 13.9 Å². The number of aryl methyl sites for hydroxylation is 1. The number of ether oxygens (including phenoxy) is 1. The molecule has 150 valence electrons. The van der Waals surface area contributed by atoms with Gasteiger partial charge in [-0.1, -0.05) is 23.8 Å². The molecule has 0 aliphatic carbocycles. The number of nitrogens with one attached hydrogen (secondary N) is 1. The van der Waals surface area contributed by atoms with E-state index in [0.717, 1.165) is 43.6 Å². The minimum atomic E-state index is -0.224. The maximum atomic E-state index is 13.1. The predicted octanol–water partition coefficient (Wildman–Crippen LogP) is 2.87.